The highest BCUT2D eigenvalue weighted by Gasteiger charge is 2.45. The van der Waals surface area contributed by atoms with Crippen LogP contribution in [0, 0.1) is 11.3 Å². The highest BCUT2D eigenvalue weighted by Crippen LogP contribution is 2.47. The van der Waals surface area contributed by atoms with Crippen molar-refractivity contribution in [3.05, 3.63) is 12.2 Å². The van der Waals surface area contributed by atoms with E-state index in [1.54, 1.807) is 0 Å². The summed E-state index contributed by atoms with van der Waals surface area (Å²) in [6.45, 7) is 2.08. The Kier molecular flexibility index (Phi) is 1.05. The number of Topliss-reactive ketones (excluding diaryl/α,β-unsaturated/α-hetero) is 1. The van der Waals surface area contributed by atoms with Gasteiger partial charge in [-0.1, -0.05) is 12.2 Å². The zero-order valence-electron chi connectivity index (χ0n) is 6.26. The molecule has 2 unspecified atom stereocenters. The average molecular weight is 136 g/mol. The van der Waals surface area contributed by atoms with Gasteiger partial charge in [0.1, 0.15) is 5.78 Å². The van der Waals surface area contributed by atoms with Gasteiger partial charge in [-0.05, 0) is 25.7 Å². The van der Waals surface area contributed by atoms with Crippen LogP contribution in [-0.2, 0) is 4.79 Å². The largest absolute Gasteiger partial charge is 0.299 e. The van der Waals surface area contributed by atoms with Crippen molar-refractivity contribution < 1.29 is 4.79 Å². The van der Waals surface area contributed by atoms with Gasteiger partial charge < -0.3 is 0 Å². The van der Waals surface area contributed by atoms with Crippen LogP contribution < -0.4 is 0 Å². The van der Waals surface area contributed by atoms with Crippen LogP contribution in [0.1, 0.15) is 26.2 Å². The van der Waals surface area contributed by atoms with Crippen LogP contribution in [0.3, 0.4) is 0 Å². The number of ketones is 1. The molecule has 2 aliphatic carbocycles. The number of hydrogen-bond donors (Lipinski definition) is 0. The van der Waals surface area contributed by atoms with Crippen LogP contribution in [0.2, 0.25) is 0 Å². The molecule has 10 heavy (non-hydrogen) atoms. The molecule has 0 bridgehead atoms. The third-order valence-electron chi connectivity index (χ3n) is 3.05. The second-order valence-corrected chi connectivity index (χ2v) is 3.58. The molecule has 0 heterocycles. The van der Waals surface area contributed by atoms with Crippen LogP contribution in [0.4, 0.5) is 0 Å². The molecule has 2 rings (SSSR count). The van der Waals surface area contributed by atoms with Gasteiger partial charge in [-0.2, -0.15) is 0 Å². The monoisotopic (exact) mass is 136 g/mol. The number of rotatable bonds is 0. The maximum atomic E-state index is 11.3. The van der Waals surface area contributed by atoms with E-state index in [2.05, 4.69) is 19.1 Å². The number of hydrogen-bond acceptors (Lipinski definition) is 1. The summed E-state index contributed by atoms with van der Waals surface area (Å²) < 4.78 is 0. The fraction of sp³-hybridized carbons (Fsp3) is 0.667. The second-order valence-electron chi connectivity index (χ2n) is 3.58. The summed E-state index contributed by atoms with van der Waals surface area (Å²) in [4.78, 5) is 11.3. The normalized spacial score (nSPS) is 44.5. The molecule has 0 spiro atoms. The van der Waals surface area contributed by atoms with Gasteiger partial charge in [0.2, 0.25) is 0 Å². The summed E-state index contributed by atoms with van der Waals surface area (Å²) in [6.07, 6.45) is 7.31. The smallest absolute Gasteiger partial charge is 0.142 e. The van der Waals surface area contributed by atoms with Gasteiger partial charge >= 0.3 is 0 Å². The van der Waals surface area contributed by atoms with Crippen molar-refractivity contribution in [2.75, 3.05) is 0 Å². The number of allylic oxidation sites excluding steroid dienone is 2. The van der Waals surface area contributed by atoms with E-state index in [-0.39, 0.29) is 5.41 Å². The molecule has 1 saturated carbocycles. The molecule has 0 aliphatic heterocycles. The summed E-state index contributed by atoms with van der Waals surface area (Å²) in [5, 5.41) is 0. The topological polar surface area (TPSA) is 17.1 Å². The van der Waals surface area contributed by atoms with Crippen molar-refractivity contribution in [2.45, 2.75) is 26.2 Å². The lowest BCUT2D eigenvalue weighted by Gasteiger charge is -2.19. The molecule has 0 aromatic rings. The Morgan fingerprint density at radius 1 is 1.70 bits per heavy atom. The minimum Gasteiger partial charge on any atom is -0.299 e. The van der Waals surface area contributed by atoms with E-state index in [0.717, 1.165) is 19.3 Å². The van der Waals surface area contributed by atoms with Crippen LogP contribution in [0.15, 0.2) is 12.2 Å². The van der Waals surface area contributed by atoms with Gasteiger partial charge in [0.25, 0.3) is 0 Å². The number of fused-ring (bicyclic) bond motifs is 1. The fourth-order valence-corrected chi connectivity index (χ4v) is 2.17. The standard InChI is InChI=1S/C9H12O/c1-9-6-2-3-7(9)4-5-8(9)10/h2,6-7H,3-5H2,1H3. The zero-order valence-corrected chi connectivity index (χ0v) is 6.26. The predicted octanol–water partition coefficient (Wildman–Crippen LogP) is 1.93. The van der Waals surface area contributed by atoms with E-state index in [4.69, 9.17) is 0 Å². The Labute approximate surface area is 61.1 Å². The molecular weight excluding hydrogens is 124 g/mol. The molecule has 1 fully saturated rings. The molecule has 0 N–H and O–H groups in total. The van der Waals surface area contributed by atoms with Crippen molar-refractivity contribution >= 4 is 5.78 Å². The maximum Gasteiger partial charge on any atom is 0.142 e. The highest BCUT2D eigenvalue weighted by molar-refractivity contribution is 5.89. The predicted molar refractivity (Wildman–Crippen MR) is 39.6 cm³/mol. The van der Waals surface area contributed by atoms with Crippen molar-refractivity contribution in [1.82, 2.24) is 0 Å². The second kappa shape index (κ2) is 1.71. The first-order valence-corrected chi connectivity index (χ1v) is 3.94. The Balaban J connectivity index is 2.38. The number of carbonyl (C=O) groups is 1. The van der Waals surface area contributed by atoms with Gasteiger partial charge in [-0.3, -0.25) is 4.79 Å². The SMILES string of the molecule is CC12C=CCC1CCC2=O. The van der Waals surface area contributed by atoms with E-state index in [0.29, 0.717) is 11.7 Å². The summed E-state index contributed by atoms with van der Waals surface area (Å²) in [5.41, 5.74) is -0.0556. The quantitative estimate of drug-likeness (QED) is 0.465. The van der Waals surface area contributed by atoms with Crippen LogP contribution in [0.25, 0.3) is 0 Å². The third kappa shape index (κ3) is 0.556. The first kappa shape index (κ1) is 6.14. The van der Waals surface area contributed by atoms with E-state index < -0.39 is 0 Å². The molecule has 0 aromatic carbocycles. The van der Waals surface area contributed by atoms with Gasteiger partial charge in [0.15, 0.2) is 0 Å². The first-order valence-electron chi connectivity index (χ1n) is 3.94. The minimum atomic E-state index is -0.0556. The number of carbonyl (C=O) groups excluding carboxylic acids is 1. The van der Waals surface area contributed by atoms with Gasteiger partial charge in [0, 0.05) is 11.8 Å². The average Bonchev–Trinajstić information content (AvgIpc) is 2.36. The van der Waals surface area contributed by atoms with Crippen molar-refractivity contribution in [3.63, 3.8) is 0 Å². The van der Waals surface area contributed by atoms with Gasteiger partial charge in [-0.25, -0.2) is 0 Å². The summed E-state index contributed by atoms with van der Waals surface area (Å²) in [7, 11) is 0. The van der Waals surface area contributed by atoms with Crippen molar-refractivity contribution in [2.24, 2.45) is 11.3 Å². The lowest BCUT2D eigenvalue weighted by Crippen LogP contribution is -2.22. The molecule has 0 aromatic heterocycles. The van der Waals surface area contributed by atoms with E-state index >= 15 is 0 Å². The van der Waals surface area contributed by atoms with Gasteiger partial charge in [-0.15, -0.1) is 0 Å². The molecule has 1 heteroatoms. The molecule has 2 aliphatic rings. The highest BCUT2D eigenvalue weighted by atomic mass is 16.1. The molecule has 54 valence electrons. The van der Waals surface area contributed by atoms with Crippen LogP contribution >= 0.6 is 0 Å². The lowest BCUT2D eigenvalue weighted by molar-refractivity contribution is -0.123. The zero-order chi connectivity index (χ0) is 7.19. The van der Waals surface area contributed by atoms with Crippen LogP contribution in [0.5, 0.6) is 0 Å². The Hall–Kier alpha value is -0.590. The third-order valence-corrected chi connectivity index (χ3v) is 3.05. The maximum absolute atomic E-state index is 11.3. The van der Waals surface area contributed by atoms with E-state index in [1.165, 1.54) is 0 Å². The molecule has 0 saturated heterocycles. The summed E-state index contributed by atoms with van der Waals surface area (Å²) >= 11 is 0. The lowest BCUT2D eigenvalue weighted by atomic mass is 9.82. The fourth-order valence-electron chi connectivity index (χ4n) is 2.17. The first-order chi connectivity index (χ1) is 4.73. The van der Waals surface area contributed by atoms with E-state index in [1.807, 2.05) is 0 Å². The summed E-state index contributed by atoms with van der Waals surface area (Å²) in [5.74, 6) is 1.09. The Morgan fingerprint density at radius 2 is 2.50 bits per heavy atom. The van der Waals surface area contributed by atoms with E-state index in [9.17, 15) is 4.79 Å². The van der Waals surface area contributed by atoms with Crippen LogP contribution in [-0.4, -0.2) is 5.78 Å². The van der Waals surface area contributed by atoms with Crippen molar-refractivity contribution in [3.8, 4) is 0 Å². The molecule has 0 amide bonds. The molecule has 2 atom stereocenters. The molecular formula is C9H12O. The molecule has 1 nitrogen and oxygen atoms in total. The summed E-state index contributed by atoms with van der Waals surface area (Å²) in [6, 6.07) is 0. The minimum absolute atomic E-state index is 0.0556. The van der Waals surface area contributed by atoms with Gasteiger partial charge in [0.05, 0.1) is 0 Å². The Morgan fingerprint density at radius 3 is 3.20 bits per heavy atom. The Bertz CT molecular complexity index is 205. The molecule has 0 radical (unpaired) electrons. The van der Waals surface area contributed by atoms with Crippen molar-refractivity contribution in [1.29, 1.82) is 0 Å².